The molecule has 0 bridgehead atoms. The van der Waals surface area contributed by atoms with Crippen LogP contribution in [0.2, 0.25) is 0 Å². The van der Waals surface area contributed by atoms with Gasteiger partial charge in [-0.25, -0.2) is 19.9 Å². The summed E-state index contributed by atoms with van der Waals surface area (Å²) in [5.41, 5.74) is 9.61. The molecule has 4 heterocycles. The Morgan fingerprint density at radius 1 is 1.13 bits per heavy atom. The molecule has 2 amide bonds. The van der Waals surface area contributed by atoms with Crippen molar-refractivity contribution in [1.82, 2.24) is 29.2 Å². The number of aryl methyl sites for hydroxylation is 1. The Kier molecular flexibility index (Phi) is 7.60. The highest BCUT2D eigenvalue weighted by Crippen LogP contribution is 2.36. The van der Waals surface area contributed by atoms with Gasteiger partial charge in [0.15, 0.2) is 0 Å². The lowest BCUT2D eigenvalue weighted by Crippen LogP contribution is -2.38. The van der Waals surface area contributed by atoms with Gasteiger partial charge in [0.05, 0.1) is 12.6 Å². The van der Waals surface area contributed by atoms with E-state index in [1.165, 1.54) is 0 Å². The first-order valence-electron chi connectivity index (χ1n) is 12.8. The number of ether oxygens (including phenoxy) is 1. The molecule has 4 aromatic rings. The highest BCUT2D eigenvalue weighted by molar-refractivity contribution is 6.03. The zero-order valence-electron chi connectivity index (χ0n) is 21.9. The SMILES string of the molecule is COC/C=C/C(=O)N1CCCCC1c1nc(-c2ccc(C(=O)Nc3nccc(C)n3)cc2)c2c(N)nccn12. The first-order chi connectivity index (χ1) is 19.0. The van der Waals surface area contributed by atoms with Gasteiger partial charge in [0.1, 0.15) is 22.9 Å². The van der Waals surface area contributed by atoms with Crippen LogP contribution in [-0.4, -0.2) is 61.3 Å². The molecule has 1 atom stereocenters. The Bertz CT molecular complexity index is 1530. The van der Waals surface area contributed by atoms with E-state index in [1.807, 2.05) is 34.6 Å². The number of nitrogens with zero attached hydrogens (tertiary/aromatic N) is 6. The summed E-state index contributed by atoms with van der Waals surface area (Å²) in [6, 6.07) is 8.61. The minimum absolute atomic E-state index is 0.0787. The summed E-state index contributed by atoms with van der Waals surface area (Å²) in [6.07, 6.45) is 11.0. The minimum Gasteiger partial charge on any atom is -0.382 e. The number of hydrogen-bond donors (Lipinski definition) is 2. The normalized spacial score (nSPS) is 15.6. The lowest BCUT2D eigenvalue weighted by molar-refractivity contribution is -0.130. The summed E-state index contributed by atoms with van der Waals surface area (Å²) in [4.78, 5) is 45.3. The van der Waals surface area contributed by atoms with E-state index in [9.17, 15) is 9.59 Å². The molecule has 0 saturated carbocycles. The van der Waals surface area contributed by atoms with Crippen molar-refractivity contribution in [2.75, 3.05) is 31.3 Å². The van der Waals surface area contributed by atoms with E-state index in [2.05, 4.69) is 20.3 Å². The fourth-order valence-corrected chi connectivity index (χ4v) is 4.79. The van der Waals surface area contributed by atoms with Crippen LogP contribution in [0, 0.1) is 6.92 Å². The molecular formula is C28H30N8O3. The molecule has 11 heteroatoms. The van der Waals surface area contributed by atoms with Crippen LogP contribution < -0.4 is 11.1 Å². The molecule has 1 aromatic carbocycles. The molecule has 3 aromatic heterocycles. The molecule has 200 valence electrons. The van der Waals surface area contributed by atoms with Crippen LogP contribution in [0.15, 0.2) is 61.1 Å². The van der Waals surface area contributed by atoms with Crippen molar-refractivity contribution in [3.05, 3.63) is 78.2 Å². The molecule has 39 heavy (non-hydrogen) atoms. The predicted octanol–water partition coefficient (Wildman–Crippen LogP) is 3.59. The van der Waals surface area contributed by atoms with Crippen LogP contribution >= 0.6 is 0 Å². The number of hydrogen-bond acceptors (Lipinski definition) is 8. The maximum Gasteiger partial charge on any atom is 0.258 e. The number of nitrogens with one attached hydrogen (secondary N) is 1. The molecule has 1 aliphatic rings. The summed E-state index contributed by atoms with van der Waals surface area (Å²) in [5.74, 6) is 0.905. The third kappa shape index (κ3) is 5.48. The van der Waals surface area contributed by atoms with Gasteiger partial charge in [0.2, 0.25) is 11.9 Å². The fraction of sp³-hybridized carbons (Fsp3) is 0.286. The number of aromatic nitrogens is 5. The molecule has 0 spiro atoms. The van der Waals surface area contributed by atoms with Crippen molar-refractivity contribution in [2.45, 2.75) is 32.2 Å². The standard InChI is InChI=1S/C28H30N8O3/c1-18-12-13-31-28(32-18)34-27(38)20-10-8-19(9-11-20)23-24-25(29)30-14-16-36(24)26(33-23)21-6-3-4-15-35(21)22(37)7-5-17-39-2/h5,7-14,16,21H,3-4,6,15,17H2,1-2H3,(H2,29,30)(H,31,32,34,38)/b7-5+. The van der Waals surface area contributed by atoms with E-state index in [4.69, 9.17) is 15.5 Å². The average Bonchev–Trinajstić information content (AvgIpc) is 3.34. The second-order valence-corrected chi connectivity index (χ2v) is 9.30. The summed E-state index contributed by atoms with van der Waals surface area (Å²) < 4.78 is 6.96. The number of benzene rings is 1. The average molecular weight is 527 g/mol. The van der Waals surface area contributed by atoms with Crippen molar-refractivity contribution in [2.24, 2.45) is 0 Å². The third-order valence-electron chi connectivity index (χ3n) is 6.66. The van der Waals surface area contributed by atoms with E-state index >= 15 is 0 Å². The predicted molar refractivity (Wildman–Crippen MR) is 147 cm³/mol. The van der Waals surface area contributed by atoms with Gasteiger partial charge in [-0.05, 0) is 44.4 Å². The lowest BCUT2D eigenvalue weighted by Gasteiger charge is -2.34. The van der Waals surface area contributed by atoms with Crippen molar-refractivity contribution in [3.63, 3.8) is 0 Å². The number of imidazole rings is 1. The van der Waals surface area contributed by atoms with Crippen LogP contribution in [0.1, 0.15) is 47.2 Å². The Morgan fingerprint density at radius 3 is 2.72 bits per heavy atom. The largest absolute Gasteiger partial charge is 0.382 e. The summed E-state index contributed by atoms with van der Waals surface area (Å²) in [7, 11) is 1.59. The quantitative estimate of drug-likeness (QED) is 0.348. The number of nitrogens with two attached hydrogens (primary N) is 1. The zero-order valence-corrected chi connectivity index (χ0v) is 21.9. The number of carbonyl (C=O) groups excluding carboxylic acids is 2. The number of methoxy groups -OCH3 is 1. The molecule has 1 unspecified atom stereocenters. The van der Waals surface area contributed by atoms with Crippen molar-refractivity contribution >= 4 is 29.1 Å². The van der Waals surface area contributed by atoms with Crippen LogP contribution in [0.25, 0.3) is 16.8 Å². The highest BCUT2D eigenvalue weighted by atomic mass is 16.5. The minimum atomic E-state index is -0.318. The van der Waals surface area contributed by atoms with E-state index in [1.54, 1.807) is 49.9 Å². The van der Waals surface area contributed by atoms with E-state index in [-0.39, 0.29) is 23.8 Å². The number of amides is 2. The Hall–Kier alpha value is -4.64. The van der Waals surface area contributed by atoms with Gasteiger partial charge in [-0.1, -0.05) is 18.2 Å². The van der Waals surface area contributed by atoms with Crippen molar-refractivity contribution in [1.29, 1.82) is 0 Å². The van der Waals surface area contributed by atoms with Gasteiger partial charge in [-0.2, -0.15) is 0 Å². The number of rotatable bonds is 7. The van der Waals surface area contributed by atoms with Crippen LogP contribution in [-0.2, 0) is 9.53 Å². The highest BCUT2D eigenvalue weighted by Gasteiger charge is 2.31. The summed E-state index contributed by atoms with van der Waals surface area (Å²) in [5, 5.41) is 2.72. The number of piperidine rings is 1. The van der Waals surface area contributed by atoms with Gasteiger partial charge < -0.3 is 15.4 Å². The molecular weight excluding hydrogens is 496 g/mol. The molecule has 1 saturated heterocycles. The van der Waals surface area contributed by atoms with Crippen LogP contribution in [0.3, 0.4) is 0 Å². The molecule has 11 nitrogen and oxygen atoms in total. The van der Waals surface area contributed by atoms with Gasteiger partial charge in [0, 0.05) is 55.1 Å². The number of anilines is 2. The zero-order chi connectivity index (χ0) is 27.4. The van der Waals surface area contributed by atoms with Gasteiger partial charge >= 0.3 is 0 Å². The Balaban J connectivity index is 1.47. The molecule has 1 fully saturated rings. The van der Waals surface area contributed by atoms with E-state index in [0.29, 0.717) is 35.7 Å². The topological polar surface area (TPSA) is 141 Å². The monoisotopic (exact) mass is 526 g/mol. The smallest absolute Gasteiger partial charge is 0.258 e. The molecule has 5 rings (SSSR count). The van der Waals surface area contributed by atoms with Gasteiger partial charge in [-0.15, -0.1) is 0 Å². The number of fused-ring (bicyclic) bond motifs is 1. The van der Waals surface area contributed by atoms with E-state index in [0.717, 1.165) is 36.3 Å². The van der Waals surface area contributed by atoms with Gasteiger partial charge in [0.25, 0.3) is 5.91 Å². The van der Waals surface area contributed by atoms with Crippen molar-refractivity contribution < 1.29 is 14.3 Å². The third-order valence-corrected chi connectivity index (χ3v) is 6.66. The number of nitrogen functional groups attached to an aromatic ring is 1. The lowest BCUT2D eigenvalue weighted by atomic mass is 10.0. The molecule has 1 aliphatic heterocycles. The molecule has 0 aliphatic carbocycles. The Labute approximate surface area is 225 Å². The van der Waals surface area contributed by atoms with Crippen LogP contribution in [0.5, 0.6) is 0 Å². The first kappa shape index (κ1) is 26.0. The molecule has 3 N–H and O–H groups in total. The van der Waals surface area contributed by atoms with E-state index < -0.39 is 0 Å². The maximum absolute atomic E-state index is 13.1. The first-order valence-corrected chi connectivity index (χ1v) is 12.8. The second-order valence-electron chi connectivity index (χ2n) is 9.30. The molecule has 0 radical (unpaired) electrons. The number of carbonyl (C=O) groups is 2. The number of likely N-dealkylation sites (tertiary alicyclic amines) is 1. The maximum atomic E-state index is 13.1. The summed E-state index contributed by atoms with van der Waals surface area (Å²) in [6.45, 7) is 2.84. The van der Waals surface area contributed by atoms with Crippen LogP contribution in [0.4, 0.5) is 11.8 Å². The fourth-order valence-electron chi connectivity index (χ4n) is 4.79. The van der Waals surface area contributed by atoms with Gasteiger partial charge in [-0.3, -0.25) is 19.3 Å². The summed E-state index contributed by atoms with van der Waals surface area (Å²) >= 11 is 0. The second kappa shape index (κ2) is 11.4. The van der Waals surface area contributed by atoms with Crippen molar-refractivity contribution in [3.8, 4) is 11.3 Å². The Morgan fingerprint density at radius 2 is 1.95 bits per heavy atom.